The summed E-state index contributed by atoms with van der Waals surface area (Å²) in [4.78, 5) is 10.4. The van der Waals surface area contributed by atoms with Crippen molar-refractivity contribution in [1.29, 1.82) is 0 Å². The Hall–Kier alpha value is -1.31. The summed E-state index contributed by atoms with van der Waals surface area (Å²) in [5.41, 5.74) is 2.44. The van der Waals surface area contributed by atoms with E-state index >= 15 is 0 Å². The summed E-state index contributed by atoms with van der Waals surface area (Å²) in [6.07, 6.45) is 2.34. The summed E-state index contributed by atoms with van der Waals surface area (Å²) < 4.78 is 5.34. The van der Waals surface area contributed by atoms with Crippen LogP contribution >= 0.6 is 0 Å². The highest BCUT2D eigenvalue weighted by molar-refractivity contribution is 5.51. The average Bonchev–Trinajstić information content (AvgIpc) is 2.25. The molecular formula is C13H18O2. The Morgan fingerprint density at radius 1 is 1.40 bits per heavy atom. The van der Waals surface area contributed by atoms with Crippen molar-refractivity contribution in [2.24, 2.45) is 0 Å². The molecule has 0 aromatic heterocycles. The Bertz CT molecular complexity index is 329. The second kappa shape index (κ2) is 5.54. The Morgan fingerprint density at radius 3 is 2.67 bits per heavy atom. The zero-order valence-corrected chi connectivity index (χ0v) is 9.62. The molecule has 0 fully saturated rings. The molecule has 0 N–H and O–H groups in total. The lowest BCUT2D eigenvalue weighted by atomic mass is 9.93. The molecule has 1 aromatic rings. The van der Waals surface area contributed by atoms with Gasteiger partial charge in [0.05, 0.1) is 7.11 Å². The Kier molecular flexibility index (Phi) is 4.35. The highest BCUT2D eigenvalue weighted by Crippen LogP contribution is 2.30. The van der Waals surface area contributed by atoms with Gasteiger partial charge >= 0.3 is 0 Å². The number of aldehydes is 1. The van der Waals surface area contributed by atoms with Crippen molar-refractivity contribution in [2.75, 3.05) is 7.11 Å². The largest absolute Gasteiger partial charge is 0.496 e. The van der Waals surface area contributed by atoms with Gasteiger partial charge in [-0.3, -0.25) is 0 Å². The molecule has 0 spiro atoms. The lowest BCUT2D eigenvalue weighted by Gasteiger charge is -2.16. The van der Waals surface area contributed by atoms with Crippen molar-refractivity contribution in [2.45, 2.75) is 32.6 Å². The normalized spacial score (nSPS) is 10.4. The fourth-order valence-corrected chi connectivity index (χ4v) is 1.86. The molecule has 82 valence electrons. The first-order valence-electron chi connectivity index (χ1n) is 5.30. The number of benzene rings is 1. The molecule has 0 aliphatic heterocycles. The number of hydrogen-bond acceptors (Lipinski definition) is 2. The van der Waals surface area contributed by atoms with Crippen LogP contribution in [-0.4, -0.2) is 13.4 Å². The number of rotatable bonds is 5. The van der Waals surface area contributed by atoms with Gasteiger partial charge in [-0.25, -0.2) is 0 Å². The number of carbonyl (C=O) groups is 1. The van der Waals surface area contributed by atoms with Crippen LogP contribution in [0.25, 0.3) is 0 Å². The Morgan fingerprint density at radius 2 is 2.13 bits per heavy atom. The lowest BCUT2D eigenvalue weighted by Crippen LogP contribution is -2.00. The monoisotopic (exact) mass is 206 g/mol. The molecule has 0 heterocycles. The summed E-state index contributed by atoms with van der Waals surface area (Å²) in [6.45, 7) is 4.28. The molecule has 0 unspecified atom stereocenters. The van der Waals surface area contributed by atoms with Gasteiger partial charge in [0.15, 0.2) is 0 Å². The molecule has 0 aliphatic carbocycles. The van der Waals surface area contributed by atoms with Crippen LogP contribution < -0.4 is 4.74 Å². The Balaban J connectivity index is 3.07. The van der Waals surface area contributed by atoms with Gasteiger partial charge in [0, 0.05) is 6.42 Å². The summed E-state index contributed by atoms with van der Waals surface area (Å²) in [5, 5.41) is 0. The van der Waals surface area contributed by atoms with Gasteiger partial charge in [0.1, 0.15) is 12.0 Å². The molecule has 2 heteroatoms. The van der Waals surface area contributed by atoms with Crippen LogP contribution in [0.2, 0.25) is 0 Å². The third-order valence-electron chi connectivity index (χ3n) is 2.49. The maximum atomic E-state index is 10.4. The summed E-state index contributed by atoms with van der Waals surface area (Å²) >= 11 is 0. The van der Waals surface area contributed by atoms with E-state index in [2.05, 4.69) is 19.9 Å². The van der Waals surface area contributed by atoms with E-state index < -0.39 is 0 Å². The second-order valence-electron chi connectivity index (χ2n) is 3.89. The molecule has 0 radical (unpaired) electrons. The van der Waals surface area contributed by atoms with Gasteiger partial charge in [0.2, 0.25) is 0 Å². The van der Waals surface area contributed by atoms with Gasteiger partial charge in [-0.15, -0.1) is 0 Å². The molecule has 0 saturated heterocycles. The summed E-state index contributed by atoms with van der Waals surface area (Å²) in [6, 6.07) is 6.02. The highest BCUT2D eigenvalue weighted by atomic mass is 16.5. The number of carbonyl (C=O) groups excluding carboxylic acids is 1. The van der Waals surface area contributed by atoms with Crippen LogP contribution in [0.3, 0.4) is 0 Å². The third-order valence-corrected chi connectivity index (χ3v) is 2.49. The zero-order valence-electron chi connectivity index (χ0n) is 9.62. The van der Waals surface area contributed by atoms with Crippen molar-refractivity contribution in [3.63, 3.8) is 0 Å². The van der Waals surface area contributed by atoms with E-state index in [0.29, 0.717) is 12.3 Å². The van der Waals surface area contributed by atoms with E-state index in [0.717, 1.165) is 18.5 Å². The van der Waals surface area contributed by atoms with Crippen LogP contribution in [0.5, 0.6) is 5.75 Å². The lowest BCUT2D eigenvalue weighted by molar-refractivity contribution is -0.107. The van der Waals surface area contributed by atoms with Crippen molar-refractivity contribution in [3.8, 4) is 5.75 Å². The minimum atomic E-state index is 0.419. The molecule has 15 heavy (non-hydrogen) atoms. The topological polar surface area (TPSA) is 26.3 Å². The number of aryl methyl sites for hydroxylation is 1. The standard InChI is InChI=1S/C13H18O2/c1-10(2)13-11(7-5-9-14)6-4-8-12(13)15-3/h4,6,8-10H,5,7H2,1-3H3. The van der Waals surface area contributed by atoms with Crippen LogP contribution in [0.15, 0.2) is 18.2 Å². The molecule has 0 atom stereocenters. The van der Waals surface area contributed by atoms with Crippen LogP contribution in [0, 0.1) is 0 Å². The average molecular weight is 206 g/mol. The molecule has 0 saturated carbocycles. The van der Waals surface area contributed by atoms with E-state index in [9.17, 15) is 4.79 Å². The summed E-state index contributed by atoms with van der Waals surface area (Å²) in [5.74, 6) is 1.34. The first-order chi connectivity index (χ1) is 7.20. The zero-order chi connectivity index (χ0) is 11.3. The van der Waals surface area contributed by atoms with Crippen molar-refractivity contribution < 1.29 is 9.53 Å². The van der Waals surface area contributed by atoms with Gasteiger partial charge < -0.3 is 9.53 Å². The number of methoxy groups -OCH3 is 1. The van der Waals surface area contributed by atoms with Gasteiger partial charge in [0.25, 0.3) is 0 Å². The SMILES string of the molecule is COc1cccc(CCC=O)c1C(C)C. The molecule has 1 aromatic carbocycles. The number of ether oxygens (including phenoxy) is 1. The van der Waals surface area contributed by atoms with E-state index in [4.69, 9.17) is 4.74 Å². The van der Waals surface area contributed by atoms with Gasteiger partial charge in [-0.05, 0) is 29.5 Å². The molecule has 0 aliphatic rings. The maximum Gasteiger partial charge on any atom is 0.122 e. The molecule has 0 amide bonds. The molecular weight excluding hydrogens is 188 g/mol. The van der Waals surface area contributed by atoms with Gasteiger partial charge in [-0.2, -0.15) is 0 Å². The predicted octanol–water partition coefficient (Wildman–Crippen LogP) is 2.95. The van der Waals surface area contributed by atoms with Crippen LogP contribution in [0.4, 0.5) is 0 Å². The fraction of sp³-hybridized carbons (Fsp3) is 0.462. The minimum Gasteiger partial charge on any atom is -0.496 e. The number of hydrogen-bond donors (Lipinski definition) is 0. The fourth-order valence-electron chi connectivity index (χ4n) is 1.86. The predicted molar refractivity (Wildman–Crippen MR) is 61.5 cm³/mol. The van der Waals surface area contributed by atoms with E-state index in [1.807, 2.05) is 12.1 Å². The molecule has 0 bridgehead atoms. The third kappa shape index (κ3) is 2.82. The van der Waals surface area contributed by atoms with Crippen LogP contribution in [0.1, 0.15) is 37.3 Å². The van der Waals surface area contributed by atoms with E-state index in [1.165, 1.54) is 11.1 Å². The first-order valence-corrected chi connectivity index (χ1v) is 5.30. The van der Waals surface area contributed by atoms with Crippen LogP contribution in [-0.2, 0) is 11.2 Å². The molecule has 1 rings (SSSR count). The highest BCUT2D eigenvalue weighted by Gasteiger charge is 2.11. The summed E-state index contributed by atoms with van der Waals surface area (Å²) in [7, 11) is 1.69. The van der Waals surface area contributed by atoms with E-state index in [-0.39, 0.29) is 0 Å². The van der Waals surface area contributed by atoms with Crippen molar-refractivity contribution in [3.05, 3.63) is 29.3 Å². The Labute approximate surface area is 91.3 Å². The molecule has 2 nitrogen and oxygen atoms in total. The quantitative estimate of drug-likeness (QED) is 0.692. The van der Waals surface area contributed by atoms with Gasteiger partial charge in [-0.1, -0.05) is 26.0 Å². The second-order valence-corrected chi connectivity index (χ2v) is 3.89. The smallest absolute Gasteiger partial charge is 0.122 e. The van der Waals surface area contributed by atoms with E-state index in [1.54, 1.807) is 7.11 Å². The maximum absolute atomic E-state index is 10.4. The minimum absolute atomic E-state index is 0.419. The van der Waals surface area contributed by atoms with Crippen molar-refractivity contribution >= 4 is 6.29 Å². The van der Waals surface area contributed by atoms with Crippen molar-refractivity contribution in [1.82, 2.24) is 0 Å². The first kappa shape index (κ1) is 11.8.